The molecule has 0 aliphatic carbocycles. The van der Waals surface area contributed by atoms with Gasteiger partial charge >= 0.3 is 11.4 Å². The molecule has 0 aliphatic heterocycles. The molecule has 0 saturated carbocycles. The summed E-state index contributed by atoms with van der Waals surface area (Å²) >= 11 is 0. The average Bonchev–Trinajstić information content (AvgIpc) is 2.64. The van der Waals surface area contributed by atoms with Crippen LogP contribution < -0.4 is 26.7 Å². The van der Waals surface area contributed by atoms with Crippen LogP contribution in [0.1, 0.15) is 12.5 Å². The first-order chi connectivity index (χ1) is 13.2. The maximum absolute atomic E-state index is 12.0. The van der Waals surface area contributed by atoms with Crippen molar-refractivity contribution in [2.75, 3.05) is 12.4 Å². The Balaban J connectivity index is 2.08. The third kappa shape index (κ3) is 4.69. The number of rotatable bonds is 7. The number of hydrazone groups is 1. The maximum atomic E-state index is 12.0. The van der Waals surface area contributed by atoms with Crippen molar-refractivity contribution in [3.63, 3.8) is 0 Å². The molecule has 0 bridgehead atoms. The molecule has 2 rings (SSSR count). The van der Waals surface area contributed by atoms with Gasteiger partial charge in [-0.05, 0) is 13.0 Å². The fourth-order valence-electron chi connectivity index (χ4n) is 1.97. The van der Waals surface area contributed by atoms with Crippen LogP contribution >= 0.6 is 0 Å². The van der Waals surface area contributed by atoms with Gasteiger partial charge in [-0.3, -0.25) is 24.7 Å². The summed E-state index contributed by atoms with van der Waals surface area (Å²) in [5.74, 6) is -1.71. The quantitative estimate of drug-likeness (QED) is 0.222. The number of carbonyl (C=O) groups excluding carboxylic acids is 1. The van der Waals surface area contributed by atoms with Crippen LogP contribution in [-0.4, -0.2) is 50.5 Å². The summed E-state index contributed by atoms with van der Waals surface area (Å²) in [7, 11) is 1.22. The number of nitrogens with one attached hydrogen (secondary N) is 4. The third-order valence-electron chi connectivity index (χ3n) is 3.34. The number of nitro groups is 1. The van der Waals surface area contributed by atoms with E-state index in [-0.39, 0.29) is 17.1 Å². The number of phenolic OH excluding ortho intramolecular Hbond substituents is 1. The van der Waals surface area contributed by atoms with E-state index in [0.717, 1.165) is 12.3 Å². The molecule has 148 valence electrons. The third-order valence-corrected chi connectivity index (χ3v) is 3.34. The molecule has 0 aliphatic rings. The number of H-pyrrole nitrogens is 2. The predicted molar refractivity (Wildman–Crippen MR) is 95.6 cm³/mol. The van der Waals surface area contributed by atoms with Crippen molar-refractivity contribution in [3.05, 3.63) is 48.6 Å². The van der Waals surface area contributed by atoms with Gasteiger partial charge in [0.05, 0.1) is 18.2 Å². The number of phenols is 1. The van der Waals surface area contributed by atoms with Crippen LogP contribution in [0.2, 0.25) is 0 Å². The number of anilines is 1. The number of carbonyl (C=O) groups is 1. The molecule has 28 heavy (non-hydrogen) atoms. The fourth-order valence-corrected chi connectivity index (χ4v) is 1.97. The predicted octanol–water partition coefficient (Wildman–Crippen LogP) is -0.969. The molecule has 14 nitrogen and oxygen atoms in total. The zero-order valence-corrected chi connectivity index (χ0v) is 14.5. The largest absolute Gasteiger partial charge is 0.500 e. The number of amides is 1. The molecule has 1 unspecified atom stereocenters. The molecular formula is C14H15N7O7. The van der Waals surface area contributed by atoms with Crippen molar-refractivity contribution in [2.45, 2.75) is 13.0 Å². The van der Waals surface area contributed by atoms with Crippen LogP contribution in [0.25, 0.3) is 0 Å². The monoisotopic (exact) mass is 393 g/mol. The van der Waals surface area contributed by atoms with Crippen molar-refractivity contribution in [1.29, 1.82) is 0 Å². The Kier molecular flexibility index (Phi) is 6.05. The van der Waals surface area contributed by atoms with E-state index >= 15 is 0 Å². The molecule has 0 spiro atoms. The number of hydrogen-bond acceptors (Lipinski definition) is 10. The van der Waals surface area contributed by atoms with Crippen molar-refractivity contribution in [1.82, 2.24) is 20.6 Å². The summed E-state index contributed by atoms with van der Waals surface area (Å²) in [6.07, 6.45) is 1.10. The van der Waals surface area contributed by atoms with E-state index < -0.39 is 39.6 Å². The summed E-state index contributed by atoms with van der Waals surface area (Å²) in [6, 6.07) is 1.36. The van der Waals surface area contributed by atoms with Crippen LogP contribution in [-0.2, 0) is 4.79 Å². The fraction of sp³-hybridized carbons (Fsp3) is 0.214. The number of methoxy groups -OCH3 is 1. The molecule has 1 aromatic carbocycles. The van der Waals surface area contributed by atoms with Gasteiger partial charge in [-0.1, -0.05) is 0 Å². The number of hydrogen-bond donors (Lipinski definition) is 5. The Labute approximate surface area is 155 Å². The van der Waals surface area contributed by atoms with Gasteiger partial charge in [0.25, 0.3) is 11.5 Å². The minimum atomic E-state index is -0.958. The van der Waals surface area contributed by atoms with Gasteiger partial charge in [0.2, 0.25) is 11.6 Å². The molecule has 1 aromatic heterocycles. The molecule has 5 N–H and O–H groups in total. The van der Waals surface area contributed by atoms with Crippen molar-refractivity contribution in [2.24, 2.45) is 5.10 Å². The number of ether oxygens (including phenoxy) is 1. The van der Waals surface area contributed by atoms with Crippen LogP contribution in [0.4, 0.5) is 11.5 Å². The standard InChI is InChI=1S/C14H15N7O7/c1-6(16-11-13(24)17-14(25)20-18-11)12(23)19-15-5-7-3-8(21(26)27)10(22)9(4-7)28-2/h3-6,22H,1-2H3,(H,16,18)(H,19,23)(H2,17,20,24,25). The van der Waals surface area contributed by atoms with Gasteiger partial charge in [-0.2, -0.15) is 5.10 Å². The second-order valence-electron chi connectivity index (χ2n) is 5.30. The number of benzene rings is 1. The van der Waals surface area contributed by atoms with Crippen LogP contribution in [0, 0.1) is 10.1 Å². The van der Waals surface area contributed by atoms with E-state index in [1.54, 1.807) is 0 Å². The van der Waals surface area contributed by atoms with Crippen molar-refractivity contribution >= 4 is 23.6 Å². The van der Waals surface area contributed by atoms with Gasteiger partial charge in [0, 0.05) is 11.6 Å². The highest BCUT2D eigenvalue weighted by Gasteiger charge is 2.19. The van der Waals surface area contributed by atoms with Crippen molar-refractivity contribution in [3.8, 4) is 11.5 Å². The first kappa shape index (κ1) is 20.1. The Morgan fingerprint density at radius 2 is 2.18 bits per heavy atom. The lowest BCUT2D eigenvalue weighted by molar-refractivity contribution is -0.386. The van der Waals surface area contributed by atoms with Gasteiger partial charge in [0.15, 0.2) is 5.75 Å². The Morgan fingerprint density at radius 3 is 2.79 bits per heavy atom. The highest BCUT2D eigenvalue weighted by atomic mass is 16.6. The smallest absolute Gasteiger partial charge is 0.342 e. The molecule has 0 saturated heterocycles. The van der Waals surface area contributed by atoms with E-state index in [1.807, 2.05) is 10.1 Å². The summed E-state index contributed by atoms with van der Waals surface area (Å²) < 4.78 is 4.85. The number of aromatic amines is 2. The number of nitro benzene ring substituents is 1. The summed E-state index contributed by atoms with van der Waals surface area (Å²) in [6.45, 7) is 1.41. The van der Waals surface area contributed by atoms with Gasteiger partial charge in [0.1, 0.15) is 6.04 Å². The molecule has 1 atom stereocenters. The summed E-state index contributed by atoms with van der Waals surface area (Å²) in [5.41, 5.74) is 0.150. The second-order valence-corrected chi connectivity index (χ2v) is 5.30. The Hall–Kier alpha value is -4.23. The van der Waals surface area contributed by atoms with Crippen LogP contribution in [0.3, 0.4) is 0 Å². The number of aromatic nitrogens is 3. The van der Waals surface area contributed by atoms with Crippen molar-refractivity contribution < 1.29 is 19.6 Å². The normalized spacial score (nSPS) is 11.8. The second kappa shape index (κ2) is 8.43. The lowest BCUT2D eigenvalue weighted by Gasteiger charge is -2.11. The molecule has 14 heteroatoms. The number of nitrogens with zero attached hydrogens (tertiary/aromatic N) is 3. The van der Waals surface area contributed by atoms with Gasteiger partial charge in [-0.15, -0.1) is 5.10 Å². The van der Waals surface area contributed by atoms with E-state index in [1.165, 1.54) is 20.1 Å². The highest BCUT2D eigenvalue weighted by Crippen LogP contribution is 2.36. The molecular weight excluding hydrogens is 378 g/mol. The first-order valence-electron chi connectivity index (χ1n) is 7.56. The van der Waals surface area contributed by atoms with Crippen LogP contribution in [0.5, 0.6) is 11.5 Å². The zero-order valence-electron chi connectivity index (χ0n) is 14.5. The maximum Gasteiger partial charge on any atom is 0.342 e. The Bertz CT molecular complexity index is 1040. The molecule has 1 heterocycles. The minimum Gasteiger partial charge on any atom is -0.500 e. The van der Waals surface area contributed by atoms with Gasteiger partial charge < -0.3 is 15.2 Å². The summed E-state index contributed by atoms with van der Waals surface area (Å²) in [5, 5.41) is 32.3. The zero-order chi connectivity index (χ0) is 20.8. The summed E-state index contributed by atoms with van der Waals surface area (Å²) in [4.78, 5) is 46.5. The van der Waals surface area contributed by atoms with Crippen LogP contribution in [0.15, 0.2) is 26.8 Å². The van der Waals surface area contributed by atoms with E-state index in [9.17, 15) is 29.6 Å². The molecule has 2 aromatic rings. The molecule has 0 radical (unpaired) electrons. The SMILES string of the molecule is COc1cc(C=NNC(=O)C(C)Nc2n[nH]c(=O)[nH]c2=O)cc([N+](=O)[O-])c1O. The lowest BCUT2D eigenvalue weighted by Crippen LogP contribution is -2.38. The van der Waals surface area contributed by atoms with E-state index in [4.69, 9.17) is 4.74 Å². The average molecular weight is 393 g/mol. The Morgan fingerprint density at radius 1 is 1.46 bits per heavy atom. The van der Waals surface area contributed by atoms with E-state index in [0.29, 0.717) is 0 Å². The molecule has 1 amide bonds. The van der Waals surface area contributed by atoms with Gasteiger partial charge in [-0.25, -0.2) is 15.3 Å². The minimum absolute atomic E-state index is 0.139. The molecule has 0 fully saturated rings. The highest BCUT2D eigenvalue weighted by molar-refractivity contribution is 5.87. The van der Waals surface area contributed by atoms with E-state index in [2.05, 4.69) is 20.9 Å². The lowest BCUT2D eigenvalue weighted by atomic mass is 10.2. The number of aromatic hydroxyl groups is 1. The topological polar surface area (TPSA) is 205 Å². The first-order valence-corrected chi connectivity index (χ1v) is 7.56.